The van der Waals surface area contributed by atoms with Gasteiger partial charge in [-0.2, -0.15) is 0 Å². The third-order valence-electron chi connectivity index (χ3n) is 2.91. The predicted octanol–water partition coefficient (Wildman–Crippen LogP) is 3.39. The van der Waals surface area contributed by atoms with Gasteiger partial charge in [0.25, 0.3) is 0 Å². The molecule has 0 saturated carbocycles. The number of methoxy groups -OCH3 is 1. The van der Waals surface area contributed by atoms with Gasteiger partial charge >= 0.3 is 0 Å². The molecule has 1 rings (SSSR count). The normalized spacial score (nSPS) is 11.3. The van der Waals surface area contributed by atoms with E-state index in [1.165, 1.54) is 0 Å². The molecule has 0 radical (unpaired) electrons. The lowest BCUT2D eigenvalue weighted by atomic mass is 10.2. The lowest BCUT2D eigenvalue weighted by molar-refractivity contribution is -0.0966. The highest BCUT2D eigenvalue weighted by Crippen LogP contribution is 2.04. The summed E-state index contributed by atoms with van der Waals surface area (Å²) in [5.41, 5.74) is 1.15. The molecule has 22 heavy (non-hydrogen) atoms. The minimum absolute atomic E-state index is 0.0798. The fraction of sp³-hybridized carbons (Fsp3) is 0.474. The highest BCUT2D eigenvalue weighted by atomic mass is 16.7. The Bertz CT molecular complexity index is 479. The van der Waals surface area contributed by atoms with Crippen molar-refractivity contribution in [3.8, 4) is 24.2 Å². The maximum absolute atomic E-state index is 5.70. The summed E-state index contributed by atoms with van der Waals surface area (Å²) in [5.74, 6) is 8.85. The molecule has 0 heterocycles. The van der Waals surface area contributed by atoms with E-state index in [1.807, 2.05) is 30.3 Å². The van der Waals surface area contributed by atoms with Crippen molar-refractivity contribution in [2.24, 2.45) is 0 Å². The molecule has 0 spiro atoms. The summed E-state index contributed by atoms with van der Waals surface area (Å²) in [7, 11) is 1.60. The number of terminal acetylenes is 1. The monoisotopic (exact) mass is 300 g/mol. The predicted molar refractivity (Wildman–Crippen MR) is 87.9 cm³/mol. The zero-order valence-electron chi connectivity index (χ0n) is 13.2. The summed E-state index contributed by atoms with van der Waals surface area (Å²) >= 11 is 0. The van der Waals surface area contributed by atoms with Gasteiger partial charge in [-0.05, 0) is 12.0 Å². The van der Waals surface area contributed by atoms with Gasteiger partial charge in [0.1, 0.15) is 6.79 Å². The van der Waals surface area contributed by atoms with Crippen LogP contribution < -0.4 is 0 Å². The Kier molecular flexibility index (Phi) is 10.7. The highest BCUT2D eigenvalue weighted by Gasteiger charge is 2.08. The van der Waals surface area contributed by atoms with Gasteiger partial charge in [0.05, 0.1) is 19.3 Å². The Labute approximate surface area is 134 Å². The number of unbranched alkanes of at least 4 members (excludes halogenated alkanes) is 2. The van der Waals surface area contributed by atoms with E-state index in [1.54, 1.807) is 7.11 Å². The molecule has 0 unspecified atom stereocenters. The Morgan fingerprint density at radius 2 is 1.95 bits per heavy atom. The fourth-order valence-corrected chi connectivity index (χ4v) is 1.77. The van der Waals surface area contributed by atoms with Crippen molar-refractivity contribution in [3.63, 3.8) is 0 Å². The van der Waals surface area contributed by atoms with Crippen LogP contribution in [0.5, 0.6) is 0 Å². The summed E-state index contributed by atoms with van der Waals surface area (Å²) in [5, 5.41) is 0. The first-order chi connectivity index (χ1) is 10.9. The molecule has 1 atom stereocenters. The van der Waals surface area contributed by atoms with Gasteiger partial charge in [-0.1, -0.05) is 30.3 Å². The van der Waals surface area contributed by atoms with Gasteiger partial charge in [-0.3, -0.25) is 0 Å². The van der Waals surface area contributed by atoms with Crippen LogP contribution >= 0.6 is 0 Å². The molecule has 0 saturated heterocycles. The van der Waals surface area contributed by atoms with Crippen LogP contribution in [0.25, 0.3) is 0 Å². The highest BCUT2D eigenvalue weighted by molar-refractivity contribution is 5.13. The van der Waals surface area contributed by atoms with Crippen LogP contribution in [0.2, 0.25) is 0 Å². The summed E-state index contributed by atoms with van der Waals surface area (Å²) < 4.78 is 16.2. The molecule has 0 bridgehead atoms. The van der Waals surface area contributed by atoms with Crippen LogP contribution in [0.4, 0.5) is 0 Å². The zero-order chi connectivity index (χ0) is 15.9. The van der Waals surface area contributed by atoms with Crippen molar-refractivity contribution >= 4 is 0 Å². The molecule has 0 fully saturated rings. The van der Waals surface area contributed by atoms with Crippen LogP contribution in [0, 0.1) is 24.2 Å². The second-order valence-electron chi connectivity index (χ2n) is 4.81. The molecular formula is C19H24O3. The third kappa shape index (κ3) is 9.21. The Morgan fingerprint density at radius 1 is 1.14 bits per heavy atom. The van der Waals surface area contributed by atoms with Crippen LogP contribution in [0.1, 0.15) is 31.2 Å². The molecule has 3 heteroatoms. The first-order valence-electron chi connectivity index (χ1n) is 7.48. The van der Waals surface area contributed by atoms with Crippen molar-refractivity contribution in [1.82, 2.24) is 0 Å². The van der Waals surface area contributed by atoms with Crippen LogP contribution in [0.3, 0.4) is 0 Å². The van der Waals surface area contributed by atoms with E-state index in [4.69, 9.17) is 20.6 Å². The number of ether oxygens (including phenoxy) is 3. The molecule has 1 aromatic carbocycles. The minimum Gasteiger partial charge on any atom is -0.374 e. The summed E-state index contributed by atoms with van der Waals surface area (Å²) in [6.45, 7) is 1.32. The second-order valence-corrected chi connectivity index (χ2v) is 4.81. The second kappa shape index (κ2) is 12.9. The van der Waals surface area contributed by atoms with Gasteiger partial charge in [0.2, 0.25) is 0 Å². The molecule has 0 amide bonds. The lowest BCUT2D eigenvalue weighted by Crippen LogP contribution is -2.20. The summed E-state index contributed by atoms with van der Waals surface area (Å²) in [6.07, 6.45) is 8.30. The maximum atomic E-state index is 5.70. The lowest BCUT2D eigenvalue weighted by Gasteiger charge is -2.15. The molecule has 0 aliphatic heterocycles. The summed E-state index contributed by atoms with van der Waals surface area (Å²) in [6, 6.07) is 10.1. The first-order valence-corrected chi connectivity index (χ1v) is 7.48. The van der Waals surface area contributed by atoms with Crippen molar-refractivity contribution in [3.05, 3.63) is 35.9 Å². The SMILES string of the molecule is C#CCCCC#CC[C@@H](COCc1ccccc1)OCOC. The van der Waals surface area contributed by atoms with Gasteiger partial charge in [-0.15, -0.1) is 24.2 Å². The van der Waals surface area contributed by atoms with Crippen molar-refractivity contribution < 1.29 is 14.2 Å². The Balaban J connectivity index is 2.28. The molecule has 3 nitrogen and oxygen atoms in total. The average Bonchev–Trinajstić information content (AvgIpc) is 2.56. The van der Waals surface area contributed by atoms with Crippen LogP contribution in [0.15, 0.2) is 30.3 Å². The van der Waals surface area contributed by atoms with E-state index in [2.05, 4.69) is 17.8 Å². The maximum Gasteiger partial charge on any atom is 0.146 e. The zero-order valence-corrected chi connectivity index (χ0v) is 13.2. The molecule has 0 aliphatic carbocycles. The van der Waals surface area contributed by atoms with Crippen molar-refractivity contribution in [1.29, 1.82) is 0 Å². The Hall–Kier alpha value is -1.78. The average molecular weight is 300 g/mol. The van der Waals surface area contributed by atoms with Crippen molar-refractivity contribution in [2.45, 2.75) is 38.4 Å². The Morgan fingerprint density at radius 3 is 2.68 bits per heavy atom. The van der Waals surface area contributed by atoms with E-state index in [9.17, 15) is 0 Å². The minimum atomic E-state index is -0.0798. The molecule has 0 N–H and O–H groups in total. The van der Waals surface area contributed by atoms with E-state index in [-0.39, 0.29) is 12.9 Å². The van der Waals surface area contributed by atoms with Crippen LogP contribution in [-0.4, -0.2) is 26.6 Å². The van der Waals surface area contributed by atoms with E-state index in [0.717, 1.165) is 24.8 Å². The van der Waals surface area contributed by atoms with Gasteiger partial charge < -0.3 is 14.2 Å². The number of benzene rings is 1. The molecule has 1 aromatic rings. The number of hydrogen-bond donors (Lipinski definition) is 0. The molecule has 0 aliphatic rings. The summed E-state index contributed by atoms with van der Waals surface area (Å²) in [4.78, 5) is 0. The standard InChI is InChI=1S/C19H24O3/c1-3-4-5-6-7-11-14-19(22-17-20-2)16-21-15-18-12-9-8-10-13-18/h1,8-10,12-13,19H,4-6,14-17H2,2H3/t19-/m0/s1. The molecular weight excluding hydrogens is 276 g/mol. The molecule has 118 valence electrons. The fourth-order valence-electron chi connectivity index (χ4n) is 1.77. The topological polar surface area (TPSA) is 27.7 Å². The number of rotatable bonds is 10. The van der Waals surface area contributed by atoms with Crippen molar-refractivity contribution in [2.75, 3.05) is 20.5 Å². The van der Waals surface area contributed by atoms with Gasteiger partial charge in [0.15, 0.2) is 0 Å². The quantitative estimate of drug-likeness (QED) is 0.376. The van der Waals surface area contributed by atoms with E-state index < -0.39 is 0 Å². The van der Waals surface area contributed by atoms with E-state index >= 15 is 0 Å². The van der Waals surface area contributed by atoms with E-state index in [0.29, 0.717) is 19.6 Å². The smallest absolute Gasteiger partial charge is 0.146 e. The number of hydrogen-bond acceptors (Lipinski definition) is 3. The first kappa shape index (κ1) is 18.3. The van der Waals surface area contributed by atoms with Gasteiger partial charge in [-0.25, -0.2) is 0 Å². The molecule has 0 aromatic heterocycles. The van der Waals surface area contributed by atoms with Gasteiger partial charge in [0, 0.05) is 26.4 Å². The third-order valence-corrected chi connectivity index (χ3v) is 2.91. The van der Waals surface area contributed by atoms with Crippen LogP contribution in [-0.2, 0) is 20.8 Å². The largest absolute Gasteiger partial charge is 0.374 e.